The number of sulfonamides is 1. The van der Waals surface area contributed by atoms with Crippen LogP contribution in [0, 0.1) is 0 Å². The maximum atomic E-state index is 12.0. The van der Waals surface area contributed by atoms with E-state index in [0.29, 0.717) is 25.4 Å². The zero-order valence-corrected chi connectivity index (χ0v) is 15.2. The first-order valence-corrected chi connectivity index (χ1v) is 10.4. The Hall–Kier alpha value is -1.40. The van der Waals surface area contributed by atoms with E-state index in [9.17, 15) is 13.2 Å². The van der Waals surface area contributed by atoms with Crippen molar-refractivity contribution in [3.8, 4) is 0 Å². The average Bonchev–Trinajstić information content (AvgIpc) is 2.59. The van der Waals surface area contributed by atoms with Crippen LogP contribution in [-0.4, -0.2) is 26.9 Å². The van der Waals surface area contributed by atoms with Gasteiger partial charge < -0.3 is 5.32 Å². The maximum Gasteiger partial charge on any atom is 0.240 e. The molecule has 1 amide bonds. The fourth-order valence-electron chi connectivity index (χ4n) is 2.96. The van der Waals surface area contributed by atoms with Gasteiger partial charge in [-0.05, 0) is 43.4 Å². The van der Waals surface area contributed by atoms with Crippen LogP contribution in [0.3, 0.4) is 0 Å². The van der Waals surface area contributed by atoms with Crippen molar-refractivity contribution < 1.29 is 13.2 Å². The van der Waals surface area contributed by atoms with Crippen LogP contribution in [0.4, 0.5) is 0 Å². The van der Waals surface area contributed by atoms with Crippen LogP contribution < -0.4 is 10.0 Å². The predicted octanol–water partition coefficient (Wildman–Crippen LogP) is 2.76. The first-order chi connectivity index (χ1) is 11.5. The second kappa shape index (κ2) is 9.18. The quantitative estimate of drug-likeness (QED) is 0.755. The van der Waals surface area contributed by atoms with Gasteiger partial charge in [0.1, 0.15) is 0 Å². The van der Waals surface area contributed by atoms with E-state index in [1.807, 2.05) is 6.92 Å². The largest absolute Gasteiger partial charge is 0.353 e. The number of carbonyl (C=O) groups excluding carboxylic acids is 1. The summed E-state index contributed by atoms with van der Waals surface area (Å²) in [4.78, 5) is 12.3. The molecule has 6 heteroatoms. The molecule has 0 radical (unpaired) electrons. The molecule has 0 aliphatic heterocycles. The van der Waals surface area contributed by atoms with Crippen molar-refractivity contribution >= 4 is 15.9 Å². The van der Waals surface area contributed by atoms with E-state index in [-0.39, 0.29) is 10.8 Å². The highest BCUT2D eigenvalue weighted by atomic mass is 32.2. The standard InChI is InChI=1S/C18H28N2O3S/c1-2-14-19-24(22,23)17-11-8-15(9-12-17)10-13-18(21)20-16-6-4-3-5-7-16/h8-9,11-12,16,19H,2-7,10,13-14H2,1H3,(H,20,21). The molecule has 1 aliphatic carbocycles. The van der Waals surface area contributed by atoms with Crippen molar-refractivity contribution in [2.45, 2.75) is 69.2 Å². The minimum absolute atomic E-state index is 0.0863. The van der Waals surface area contributed by atoms with Gasteiger partial charge in [-0.3, -0.25) is 4.79 Å². The van der Waals surface area contributed by atoms with Crippen molar-refractivity contribution in [1.82, 2.24) is 10.0 Å². The lowest BCUT2D eigenvalue weighted by molar-refractivity contribution is -0.121. The highest BCUT2D eigenvalue weighted by molar-refractivity contribution is 7.89. The number of amides is 1. The number of carbonyl (C=O) groups is 1. The molecule has 24 heavy (non-hydrogen) atoms. The Kier molecular flexibility index (Phi) is 7.24. The van der Waals surface area contributed by atoms with Crippen molar-refractivity contribution in [3.05, 3.63) is 29.8 Å². The summed E-state index contributed by atoms with van der Waals surface area (Å²) in [5.41, 5.74) is 0.975. The number of hydrogen-bond donors (Lipinski definition) is 2. The lowest BCUT2D eigenvalue weighted by atomic mass is 9.95. The average molecular weight is 353 g/mol. The first-order valence-electron chi connectivity index (χ1n) is 8.89. The Morgan fingerprint density at radius 3 is 2.42 bits per heavy atom. The van der Waals surface area contributed by atoms with E-state index in [4.69, 9.17) is 0 Å². The molecule has 1 saturated carbocycles. The Bertz CT molecular complexity index is 620. The fraction of sp³-hybridized carbons (Fsp3) is 0.611. The van der Waals surface area contributed by atoms with Gasteiger partial charge in [0, 0.05) is 19.0 Å². The monoisotopic (exact) mass is 352 g/mol. The second-order valence-electron chi connectivity index (χ2n) is 6.44. The zero-order valence-electron chi connectivity index (χ0n) is 14.4. The van der Waals surface area contributed by atoms with E-state index < -0.39 is 10.0 Å². The molecule has 1 aromatic carbocycles. The van der Waals surface area contributed by atoms with Crippen molar-refractivity contribution in [3.63, 3.8) is 0 Å². The molecule has 0 saturated heterocycles. The van der Waals surface area contributed by atoms with Gasteiger partial charge in [-0.25, -0.2) is 13.1 Å². The van der Waals surface area contributed by atoms with E-state index in [2.05, 4.69) is 10.0 Å². The van der Waals surface area contributed by atoms with Crippen LogP contribution >= 0.6 is 0 Å². The third kappa shape index (κ3) is 5.91. The normalized spacial score (nSPS) is 16.0. The number of benzene rings is 1. The molecule has 134 valence electrons. The smallest absolute Gasteiger partial charge is 0.240 e. The third-order valence-corrected chi connectivity index (χ3v) is 5.86. The summed E-state index contributed by atoms with van der Waals surface area (Å²) in [6.07, 6.45) is 7.67. The van der Waals surface area contributed by atoms with Crippen LogP contribution in [0.25, 0.3) is 0 Å². The summed E-state index contributed by atoms with van der Waals surface area (Å²) < 4.78 is 26.6. The second-order valence-corrected chi connectivity index (χ2v) is 8.21. The molecule has 5 nitrogen and oxygen atoms in total. The SMILES string of the molecule is CCCNS(=O)(=O)c1ccc(CCC(=O)NC2CCCCC2)cc1. The van der Waals surface area contributed by atoms with Gasteiger partial charge in [-0.2, -0.15) is 0 Å². The first kappa shape index (κ1) is 18.9. The molecule has 0 bridgehead atoms. The molecule has 0 aromatic heterocycles. The summed E-state index contributed by atoms with van der Waals surface area (Å²) in [6.45, 7) is 2.36. The van der Waals surface area contributed by atoms with Crippen molar-refractivity contribution in [2.24, 2.45) is 0 Å². The van der Waals surface area contributed by atoms with Crippen LogP contribution in [-0.2, 0) is 21.2 Å². The summed E-state index contributed by atoms with van der Waals surface area (Å²) in [7, 11) is -3.42. The summed E-state index contributed by atoms with van der Waals surface area (Å²) in [5.74, 6) is 0.0863. The molecule has 0 unspecified atom stereocenters. The molecular weight excluding hydrogens is 324 g/mol. The molecule has 0 heterocycles. The highest BCUT2D eigenvalue weighted by Crippen LogP contribution is 2.17. The van der Waals surface area contributed by atoms with E-state index in [1.54, 1.807) is 24.3 Å². The fourth-order valence-corrected chi connectivity index (χ4v) is 4.09. The predicted molar refractivity (Wildman–Crippen MR) is 95.3 cm³/mol. The topological polar surface area (TPSA) is 75.3 Å². The molecule has 1 aliphatic rings. The number of hydrogen-bond acceptors (Lipinski definition) is 3. The van der Waals surface area contributed by atoms with Gasteiger partial charge in [0.2, 0.25) is 15.9 Å². The summed E-state index contributed by atoms with van der Waals surface area (Å²) in [6, 6.07) is 7.12. The molecule has 2 N–H and O–H groups in total. The minimum atomic E-state index is -3.42. The van der Waals surface area contributed by atoms with Gasteiger partial charge in [-0.15, -0.1) is 0 Å². The molecule has 2 rings (SSSR count). The van der Waals surface area contributed by atoms with Crippen molar-refractivity contribution in [2.75, 3.05) is 6.54 Å². The van der Waals surface area contributed by atoms with Crippen LogP contribution in [0.5, 0.6) is 0 Å². The molecular formula is C18H28N2O3S. The summed E-state index contributed by atoms with van der Waals surface area (Å²) >= 11 is 0. The van der Waals surface area contributed by atoms with Gasteiger partial charge >= 0.3 is 0 Å². The molecule has 1 aromatic rings. The van der Waals surface area contributed by atoms with Gasteiger partial charge in [-0.1, -0.05) is 38.3 Å². The van der Waals surface area contributed by atoms with Crippen molar-refractivity contribution in [1.29, 1.82) is 0 Å². The van der Waals surface area contributed by atoms with E-state index >= 15 is 0 Å². The molecule has 0 atom stereocenters. The highest BCUT2D eigenvalue weighted by Gasteiger charge is 2.16. The zero-order chi connectivity index (χ0) is 17.4. The Morgan fingerprint density at radius 1 is 1.12 bits per heavy atom. The van der Waals surface area contributed by atoms with Crippen LogP contribution in [0.2, 0.25) is 0 Å². The van der Waals surface area contributed by atoms with Gasteiger partial charge in [0.05, 0.1) is 4.90 Å². The van der Waals surface area contributed by atoms with E-state index in [0.717, 1.165) is 24.8 Å². The number of rotatable bonds is 8. The maximum absolute atomic E-state index is 12.0. The van der Waals surface area contributed by atoms with Crippen LogP contribution in [0.15, 0.2) is 29.2 Å². The Morgan fingerprint density at radius 2 is 1.79 bits per heavy atom. The molecule has 0 spiro atoms. The lowest BCUT2D eigenvalue weighted by Crippen LogP contribution is -2.36. The van der Waals surface area contributed by atoms with Crippen LogP contribution in [0.1, 0.15) is 57.4 Å². The summed E-state index contributed by atoms with van der Waals surface area (Å²) in [5, 5.41) is 3.10. The lowest BCUT2D eigenvalue weighted by Gasteiger charge is -2.22. The Labute approximate surface area is 145 Å². The number of nitrogens with one attached hydrogen (secondary N) is 2. The third-order valence-electron chi connectivity index (χ3n) is 4.39. The Balaban J connectivity index is 1.82. The minimum Gasteiger partial charge on any atom is -0.353 e. The van der Waals surface area contributed by atoms with Gasteiger partial charge in [0.25, 0.3) is 0 Å². The van der Waals surface area contributed by atoms with Gasteiger partial charge in [0.15, 0.2) is 0 Å². The number of aryl methyl sites for hydroxylation is 1. The van der Waals surface area contributed by atoms with E-state index in [1.165, 1.54) is 19.3 Å². The molecule has 1 fully saturated rings.